The third-order valence-corrected chi connectivity index (χ3v) is 2.60. The van der Waals surface area contributed by atoms with E-state index in [-0.39, 0.29) is 0 Å². The smallest absolute Gasteiger partial charge is 0.130 e. The van der Waals surface area contributed by atoms with E-state index in [4.69, 9.17) is 21.6 Å². The molecule has 84 valence electrons. The van der Waals surface area contributed by atoms with Gasteiger partial charge < -0.3 is 4.74 Å². The highest BCUT2D eigenvalue weighted by Gasteiger charge is 2.02. The zero-order chi connectivity index (χ0) is 12.3. The van der Waals surface area contributed by atoms with Gasteiger partial charge in [0, 0.05) is 5.02 Å². The lowest BCUT2D eigenvalue weighted by atomic mass is 10.1. The third kappa shape index (κ3) is 2.77. The van der Waals surface area contributed by atoms with Crippen LogP contribution >= 0.6 is 11.6 Å². The van der Waals surface area contributed by atoms with E-state index in [1.54, 1.807) is 42.5 Å². The van der Waals surface area contributed by atoms with Crippen molar-refractivity contribution in [1.82, 2.24) is 0 Å². The Balaban J connectivity index is 2.25. The molecule has 0 aromatic heterocycles. The number of nitriles is 1. The molecular weight excluding hydrogens is 234 g/mol. The normalized spacial score (nSPS) is 9.71. The Bertz CT molecular complexity index is 570. The summed E-state index contributed by atoms with van der Waals surface area (Å²) in [5.74, 6) is 1.47. The zero-order valence-corrected chi connectivity index (χ0v) is 10.0. The van der Waals surface area contributed by atoms with E-state index in [1.807, 2.05) is 6.92 Å². The molecule has 0 radical (unpaired) electrons. The molecule has 0 aliphatic rings. The van der Waals surface area contributed by atoms with Gasteiger partial charge in [-0.25, -0.2) is 0 Å². The minimum Gasteiger partial charge on any atom is -0.457 e. The molecule has 2 nitrogen and oxygen atoms in total. The van der Waals surface area contributed by atoms with Gasteiger partial charge in [-0.15, -0.1) is 0 Å². The summed E-state index contributed by atoms with van der Waals surface area (Å²) in [5.41, 5.74) is 1.56. The fraction of sp³-hybridized carbons (Fsp3) is 0.0714. The van der Waals surface area contributed by atoms with Crippen LogP contribution in [-0.4, -0.2) is 0 Å². The van der Waals surface area contributed by atoms with Gasteiger partial charge in [0.1, 0.15) is 11.5 Å². The number of halogens is 1. The third-order valence-electron chi connectivity index (χ3n) is 2.35. The van der Waals surface area contributed by atoms with Crippen molar-refractivity contribution in [3.63, 3.8) is 0 Å². The maximum Gasteiger partial charge on any atom is 0.130 e. The monoisotopic (exact) mass is 243 g/mol. The Labute approximate surface area is 105 Å². The molecule has 0 heterocycles. The fourth-order valence-corrected chi connectivity index (χ4v) is 1.59. The van der Waals surface area contributed by atoms with Crippen LogP contribution in [0.15, 0.2) is 42.5 Å². The highest BCUT2D eigenvalue weighted by molar-refractivity contribution is 6.30. The van der Waals surface area contributed by atoms with Crippen LogP contribution in [0.3, 0.4) is 0 Å². The zero-order valence-electron chi connectivity index (χ0n) is 9.27. The van der Waals surface area contributed by atoms with E-state index >= 15 is 0 Å². The van der Waals surface area contributed by atoms with Crippen LogP contribution in [0, 0.1) is 18.3 Å². The molecule has 2 aromatic rings. The van der Waals surface area contributed by atoms with Crippen LogP contribution in [0.25, 0.3) is 0 Å². The Hall–Kier alpha value is -1.98. The fourth-order valence-electron chi connectivity index (χ4n) is 1.46. The van der Waals surface area contributed by atoms with Gasteiger partial charge in [-0.1, -0.05) is 11.6 Å². The lowest BCUT2D eigenvalue weighted by Gasteiger charge is -2.08. The number of aryl methyl sites for hydroxylation is 1. The SMILES string of the molecule is Cc1cc(C#N)ccc1Oc1ccc(Cl)cc1. The van der Waals surface area contributed by atoms with Gasteiger partial charge in [-0.05, 0) is 55.0 Å². The van der Waals surface area contributed by atoms with E-state index in [2.05, 4.69) is 6.07 Å². The Kier molecular flexibility index (Phi) is 3.32. The maximum atomic E-state index is 8.77. The molecule has 0 N–H and O–H groups in total. The van der Waals surface area contributed by atoms with Crippen molar-refractivity contribution >= 4 is 11.6 Å². The average molecular weight is 244 g/mol. The van der Waals surface area contributed by atoms with Gasteiger partial charge in [0.25, 0.3) is 0 Å². The standard InChI is InChI=1S/C14H10ClNO/c1-10-8-11(9-16)2-7-14(10)17-13-5-3-12(15)4-6-13/h2-8H,1H3. The first-order chi connectivity index (χ1) is 8.19. The molecule has 0 saturated heterocycles. The summed E-state index contributed by atoms with van der Waals surface area (Å²) in [5, 5.41) is 9.44. The van der Waals surface area contributed by atoms with Crippen molar-refractivity contribution in [3.05, 3.63) is 58.6 Å². The van der Waals surface area contributed by atoms with E-state index in [0.717, 1.165) is 17.1 Å². The summed E-state index contributed by atoms with van der Waals surface area (Å²) < 4.78 is 5.70. The predicted octanol–water partition coefficient (Wildman–Crippen LogP) is 4.31. The highest BCUT2D eigenvalue weighted by Crippen LogP contribution is 2.26. The van der Waals surface area contributed by atoms with Crippen molar-refractivity contribution in [3.8, 4) is 17.6 Å². The number of hydrogen-bond donors (Lipinski definition) is 0. The minimum atomic E-state index is 0.631. The molecule has 0 amide bonds. The second-order valence-electron chi connectivity index (χ2n) is 3.65. The van der Waals surface area contributed by atoms with Crippen LogP contribution in [0.5, 0.6) is 11.5 Å². The lowest BCUT2D eigenvalue weighted by Crippen LogP contribution is -1.88. The number of hydrogen-bond acceptors (Lipinski definition) is 2. The van der Waals surface area contributed by atoms with E-state index in [0.29, 0.717) is 10.6 Å². The molecule has 0 aliphatic carbocycles. The quantitative estimate of drug-likeness (QED) is 0.787. The second kappa shape index (κ2) is 4.90. The summed E-state index contributed by atoms with van der Waals surface area (Å²) in [4.78, 5) is 0. The number of benzene rings is 2. The van der Waals surface area contributed by atoms with Gasteiger partial charge >= 0.3 is 0 Å². The number of ether oxygens (including phenoxy) is 1. The number of nitrogens with zero attached hydrogens (tertiary/aromatic N) is 1. The predicted molar refractivity (Wildman–Crippen MR) is 67.4 cm³/mol. The first kappa shape index (κ1) is 11.5. The highest BCUT2D eigenvalue weighted by atomic mass is 35.5. The second-order valence-corrected chi connectivity index (χ2v) is 4.08. The van der Waals surface area contributed by atoms with Gasteiger partial charge in [-0.2, -0.15) is 5.26 Å². The molecule has 0 saturated carbocycles. The minimum absolute atomic E-state index is 0.631. The summed E-state index contributed by atoms with van der Waals surface area (Å²) in [6.07, 6.45) is 0. The average Bonchev–Trinajstić information content (AvgIpc) is 2.34. The van der Waals surface area contributed by atoms with E-state index in [9.17, 15) is 0 Å². The lowest BCUT2D eigenvalue weighted by molar-refractivity contribution is 0.479. The summed E-state index contributed by atoms with van der Waals surface area (Å²) in [6.45, 7) is 1.91. The van der Waals surface area contributed by atoms with Crippen LogP contribution in [0.2, 0.25) is 5.02 Å². The Morgan fingerprint density at radius 1 is 1.12 bits per heavy atom. The van der Waals surface area contributed by atoms with Gasteiger partial charge in [-0.3, -0.25) is 0 Å². The molecular formula is C14H10ClNO. The van der Waals surface area contributed by atoms with Gasteiger partial charge in [0.15, 0.2) is 0 Å². The van der Waals surface area contributed by atoms with Crippen molar-refractivity contribution in [2.24, 2.45) is 0 Å². The largest absolute Gasteiger partial charge is 0.457 e. The molecule has 3 heteroatoms. The first-order valence-corrected chi connectivity index (χ1v) is 5.51. The molecule has 0 unspecified atom stereocenters. The summed E-state index contributed by atoms with van der Waals surface area (Å²) >= 11 is 5.79. The van der Waals surface area contributed by atoms with Crippen molar-refractivity contribution in [2.45, 2.75) is 6.92 Å². The molecule has 0 spiro atoms. The summed E-state index contributed by atoms with van der Waals surface area (Å²) in [7, 11) is 0. The molecule has 17 heavy (non-hydrogen) atoms. The van der Waals surface area contributed by atoms with Crippen LogP contribution in [0.1, 0.15) is 11.1 Å². The van der Waals surface area contributed by atoms with Crippen molar-refractivity contribution in [1.29, 1.82) is 5.26 Å². The topological polar surface area (TPSA) is 33.0 Å². The Morgan fingerprint density at radius 2 is 1.82 bits per heavy atom. The van der Waals surface area contributed by atoms with Crippen molar-refractivity contribution < 1.29 is 4.74 Å². The van der Waals surface area contributed by atoms with Crippen LogP contribution < -0.4 is 4.74 Å². The first-order valence-electron chi connectivity index (χ1n) is 5.13. The van der Waals surface area contributed by atoms with Crippen LogP contribution in [0.4, 0.5) is 0 Å². The van der Waals surface area contributed by atoms with E-state index < -0.39 is 0 Å². The number of rotatable bonds is 2. The molecule has 0 atom stereocenters. The van der Waals surface area contributed by atoms with Gasteiger partial charge in [0.2, 0.25) is 0 Å². The van der Waals surface area contributed by atoms with Gasteiger partial charge in [0.05, 0.1) is 11.6 Å². The maximum absolute atomic E-state index is 8.77. The Morgan fingerprint density at radius 3 is 2.41 bits per heavy atom. The molecule has 2 rings (SSSR count). The summed E-state index contributed by atoms with van der Waals surface area (Å²) in [6, 6.07) is 14.6. The van der Waals surface area contributed by atoms with Crippen LogP contribution in [-0.2, 0) is 0 Å². The molecule has 0 aliphatic heterocycles. The van der Waals surface area contributed by atoms with Crippen molar-refractivity contribution in [2.75, 3.05) is 0 Å². The molecule has 0 fully saturated rings. The molecule has 2 aromatic carbocycles. The van der Waals surface area contributed by atoms with E-state index in [1.165, 1.54) is 0 Å². The molecule has 0 bridgehead atoms.